The van der Waals surface area contributed by atoms with Gasteiger partial charge in [-0.3, -0.25) is 4.90 Å². The van der Waals surface area contributed by atoms with E-state index < -0.39 is 10.0 Å². The molecule has 0 unspecified atom stereocenters. The van der Waals surface area contributed by atoms with Crippen molar-refractivity contribution in [3.05, 3.63) is 53.1 Å². The number of halogens is 1. The van der Waals surface area contributed by atoms with E-state index in [1.165, 1.54) is 4.31 Å². The average molecular weight is 423 g/mol. The Bertz CT molecular complexity index is 958. The van der Waals surface area contributed by atoms with E-state index in [1.807, 2.05) is 24.3 Å². The number of hydrogen-bond acceptors (Lipinski definition) is 5. The molecule has 1 saturated heterocycles. The van der Waals surface area contributed by atoms with Crippen molar-refractivity contribution in [2.45, 2.75) is 17.9 Å². The molecule has 2 aromatic rings. The molecule has 150 valence electrons. The summed E-state index contributed by atoms with van der Waals surface area (Å²) in [6.45, 7) is 5.18. The van der Waals surface area contributed by atoms with Crippen molar-refractivity contribution < 1.29 is 17.9 Å². The van der Waals surface area contributed by atoms with Gasteiger partial charge in [-0.05, 0) is 30.7 Å². The highest BCUT2D eigenvalue weighted by Crippen LogP contribution is 2.34. The maximum Gasteiger partial charge on any atom is 0.243 e. The van der Waals surface area contributed by atoms with Crippen LogP contribution in [0.5, 0.6) is 11.5 Å². The van der Waals surface area contributed by atoms with Gasteiger partial charge in [0.15, 0.2) is 11.5 Å². The van der Waals surface area contributed by atoms with Gasteiger partial charge in [-0.1, -0.05) is 29.8 Å². The first kappa shape index (κ1) is 19.5. The number of piperazine rings is 1. The number of fused-ring (bicyclic) bond motifs is 1. The summed E-state index contributed by atoms with van der Waals surface area (Å²) < 4.78 is 38.7. The molecule has 1 fully saturated rings. The van der Waals surface area contributed by atoms with Crippen LogP contribution in [0.15, 0.2) is 47.4 Å². The first-order valence-electron chi connectivity index (χ1n) is 9.35. The molecule has 8 heteroatoms. The Labute approximate surface area is 170 Å². The number of sulfonamides is 1. The molecule has 0 aromatic heterocycles. The van der Waals surface area contributed by atoms with Crippen LogP contribution in [-0.4, -0.2) is 57.0 Å². The molecule has 0 saturated carbocycles. The standard InChI is InChI=1S/C20H23ClN2O4S/c1-15(17-4-2-3-5-18(17)21)22-8-10-23(11-9-22)28(24,25)16-6-7-19-20(14-16)27-13-12-26-19/h2-7,14-15H,8-13H2,1H3/t15-/m1/s1. The third kappa shape index (κ3) is 3.72. The van der Waals surface area contributed by atoms with E-state index >= 15 is 0 Å². The predicted octanol–water partition coefficient (Wildman–Crippen LogP) is 3.18. The SMILES string of the molecule is C[C@H](c1ccccc1Cl)N1CCN(S(=O)(=O)c2ccc3c(c2)OCCO3)CC1. The van der Waals surface area contributed by atoms with Gasteiger partial charge in [0.2, 0.25) is 10.0 Å². The molecule has 0 aliphatic carbocycles. The first-order chi connectivity index (χ1) is 13.5. The monoisotopic (exact) mass is 422 g/mol. The van der Waals surface area contributed by atoms with Gasteiger partial charge >= 0.3 is 0 Å². The van der Waals surface area contributed by atoms with Crippen LogP contribution in [0.3, 0.4) is 0 Å². The van der Waals surface area contributed by atoms with Crippen LogP contribution in [0.2, 0.25) is 5.02 Å². The van der Waals surface area contributed by atoms with E-state index in [4.69, 9.17) is 21.1 Å². The zero-order valence-corrected chi connectivity index (χ0v) is 17.2. The second-order valence-electron chi connectivity index (χ2n) is 6.94. The number of hydrogen-bond donors (Lipinski definition) is 0. The Morgan fingerprint density at radius 2 is 1.64 bits per heavy atom. The van der Waals surface area contributed by atoms with Gasteiger partial charge in [-0.15, -0.1) is 0 Å². The van der Waals surface area contributed by atoms with Gasteiger partial charge in [0.1, 0.15) is 13.2 Å². The Hall–Kier alpha value is -1.80. The zero-order chi connectivity index (χ0) is 19.7. The van der Waals surface area contributed by atoms with E-state index in [9.17, 15) is 8.42 Å². The van der Waals surface area contributed by atoms with Gasteiger partial charge in [-0.25, -0.2) is 8.42 Å². The molecule has 0 N–H and O–H groups in total. The number of benzene rings is 2. The van der Waals surface area contributed by atoms with Crippen LogP contribution in [0.4, 0.5) is 0 Å². The van der Waals surface area contributed by atoms with Crippen molar-refractivity contribution in [3.63, 3.8) is 0 Å². The van der Waals surface area contributed by atoms with Crippen LogP contribution in [0, 0.1) is 0 Å². The molecule has 2 aliphatic rings. The lowest BCUT2D eigenvalue weighted by Crippen LogP contribution is -2.49. The summed E-state index contributed by atoms with van der Waals surface area (Å²) in [4.78, 5) is 2.50. The van der Waals surface area contributed by atoms with E-state index in [0.29, 0.717) is 50.9 Å². The van der Waals surface area contributed by atoms with Gasteiger partial charge in [0.05, 0.1) is 4.90 Å². The normalized spacial score (nSPS) is 19.4. The second kappa shape index (κ2) is 7.91. The second-order valence-corrected chi connectivity index (χ2v) is 9.29. The molecular weight excluding hydrogens is 400 g/mol. The summed E-state index contributed by atoms with van der Waals surface area (Å²) in [5, 5.41) is 0.737. The molecule has 1 atom stereocenters. The maximum absolute atomic E-state index is 13.1. The molecule has 28 heavy (non-hydrogen) atoms. The van der Waals surface area contributed by atoms with Crippen molar-refractivity contribution in [1.29, 1.82) is 0 Å². The number of ether oxygens (including phenoxy) is 2. The van der Waals surface area contributed by atoms with Crippen molar-refractivity contribution in [1.82, 2.24) is 9.21 Å². The van der Waals surface area contributed by atoms with E-state index in [2.05, 4.69) is 11.8 Å². The minimum Gasteiger partial charge on any atom is -0.486 e. The highest BCUT2D eigenvalue weighted by atomic mass is 35.5. The average Bonchev–Trinajstić information content (AvgIpc) is 2.73. The topological polar surface area (TPSA) is 59.1 Å². The Morgan fingerprint density at radius 1 is 0.964 bits per heavy atom. The molecule has 0 amide bonds. The third-order valence-electron chi connectivity index (χ3n) is 5.33. The highest BCUT2D eigenvalue weighted by Gasteiger charge is 2.31. The molecule has 2 aliphatic heterocycles. The Kier molecular flexibility index (Phi) is 5.51. The molecule has 4 rings (SSSR count). The minimum absolute atomic E-state index is 0.132. The quantitative estimate of drug-likeness (QED) is 0.757. The van der Waals surface area contributed by atoms with Crippen LogP contribution in [-0.2, 0) is 10.0 Å². The molecule has 0 spiro atoms. The van der Waals surface area contributed by atoms with Gasteiger partial charge in [-0.2, -0.15) is 4.31 Å². The van der Waals surface area contributed by atoms with Crippen molar-refractivity contribution in [2.75, 3.05) is 39.4 Å². The Balaban J connectivity index is 1.46. The molecule has 6 nitrogen and oxygen atoms in total. The first-order valence-corrected chi connectivity index (χ1v) is 11.2. The largest absolute Gasteiger partial charge is 0.486 e. The van der Waals surface area contributed by atoms with E-state index in [1.54, 1.807) is 18.2 Å². The van der Waals surface area contributed by atoms with Gasteiger partial charge < -0.3 is 9.47 Å². The van der Waals surface area contributed by atoms with Crippen molar-refractivity contribution in [2.24, 2.45) is 0 Å². The minimum atomic E-state index is -3.57. The summed E-state index contributed by atoms with van der Waals surface area (Å²) >= 11 is 6.32. The Morgan fingerprint density at radius 3 is 2.36 bits per heavy atom. The number of nitrogens with zero attached hydrogens (tertiary/aromatic N) is 2. The molecule has 0 radical (unpaired) electrons. The molecule has 2 heterocycles. The molecule has 0 bridgehead atoms. The van der Waals surface area contributed by atoms with Crippen LogP contribution < -0.4 is 9.47 Å². The predicted molar refractivity (Wildman–Crippen MR) is 108 cm³/mol. The van der Waals surface area contributed by atoms with Crippen molar-refractivity contribution in [3.8, 4) is 11.5 Å². The lowest BCUT2D eigenvalue weighted by molar-refractivity contribution is 0.146. The van der Waals surface area contributed by atoms with E-state index in [0.717, 1.165) is 10.6 Å². The third-order valence-corrected chi connectivity index (χ3v) is 7.57. The fourth-order valence-corrected chi connectivity index (χ4v) is 5.41. The van der Waals surface area contributed by atoms with Crippen molar-refractivity contribution >= 4 is 21.6 Å². The van der Waals surface area contributed by atoms with E-state index in [-0.39, 0.29) is 10.9 Å². The lowest BCUT2D eigenvalue weighted by atomic mass is 10.1. The smallest absolute Gasteiger partial charge is 0.243 e. The van der Waals surface area contributed by atoms with Crippen LogP contribution in [0.25, 0.3) is 0 Å². The van der Waals surface area contributed by atoms with Crippen LogP contribution >= 0.6 is 11.6 Å². The fraction of sp³-hybridized carbons (Fsp3) is 0.400. The van der Waals surface area contributed by atoms with Gasteiger partial charge in [0.25, 0.3) is 0 Å². The molecular formula is C20H23ClN2O4S. The van der Waals surface area contributed by atoms with Gasteiger partial charge in [0, 0.05) is 43.3 Å². The fourth-order valence-electron chi connectivity index (χ4n) is 3.68. The zero-order valence-electron chi connectivity index (χ0n) is 15.7. The van der Waals surface area contributed by atoms with Crippen LogP contribution in [0.1, 0.15) is 18.5 Å². The lowest BCUT2D eigenvalue weighted by Gasteiger charge is -2.37. The summed E-state index contributed by atoms with van der Waals surface area (Å²) in [6.07, 6.45) is 0. The maximum atomic E-state index is 13.1. The number of rotatable bonds is 4. The highest BCUT2D eigenvalue weighted by molar-refractivity contribution is 7.89. The summed E-state index contributed by atoms with van der Waals surface area (Å²) in [7, 11) is -3.57. The summed E-state index contributed by atoms with van der Waals surface area (Å²) in [6, 6.07) is 12.7. The molecule has 2 aromatic carbocycles. The summed E-state index contributed by atoms with van der Waals surface area (Å²) in [5.74, 6) is 1.07. The summed E-state index contributed by atoms with van der Waals surface area (Å²) in [5.41, 5.74) is 1.06.